The first kappa shape index (κ1) is 10.4. The van der Waals surface area contributed by atoms with Crippen LogP contribution >= 0.6 is 0 Å². The van der Waals surface area contributed by atoms with Crippen molar-refractivity contribution in [1.29, 1.82) is 0 Å². The minimum Gasteiger partial charge on any atom is -0.326 e. The van der Waals surface area contributed by atoms with E-state index in [9.17, 15) is 0 Å². The number of rotatable bonds is 1. The van der Waals surface area contributed by atoms with Crippen molar-refractivity contribution in [3.8, 4) is 0 Å². The summed E-state index contributed by atoms with van der Waals surface area (Å²) < 4.78 is 0. The normalized spacial score (nSPS) is 45.6. The Hall–Kier alpha value is -0.0800. The Kier molecular flexibility index (Phi) is 3.13. The van der Waals surface area contributed by atoms with E-state index in [-0.39, 0.29) is 0 Å². The molecule has 2 fully saturated rings. The summed E-state index contributed by atoms with van der Waals surface area (Å²) in [5.41, 5.74) is 6.30. The van der Waals surface area contributed by atoms with Gasteiger partial charge >= 0.3 is 0 Å². The lowest BCUT2D eigenvalue weighted by Gasteiger charge is -2.42. The molecule has 0 aromatic rings. The zero-order valence-corrected chi connectivity index (χ0v) is 9.58. The third-order valence-corrected chi connectivity index (χ3v) is 4.03. The van der Waals surface area contributed by atoms with Crippen LogP contribution in [-0.2, 0) is 0 Å². The molecule has 14 heavy (non-hydrogen) atoms. The van der Waals surface area contributed by atoms with Gasteiger partial charge in [-0.15, -0.1) is 0 Å². The summed E-state index contributed by atoms with van der Waals surface area (Å²) in [6, 6.07) is 1.10. The number of nitrogens with zero attached hydrogens (tertiary/aromatic N) is 1. The lowest BCUT2D eigenvalue weighted by atomic mass is 9.76. The van der Waals surface area contributed by atoms with Gasteiger partial charge in [0.25, 0.3) is 0 Å². The van der Waals surface area contributed by atoms with Crippen molar-refractivity contribution in [1.82, 2.24) is 4.90 Å². The topological polar surface area (TPSA) is 29.3 Å². The Morgan fingerprint density at radius 3 is 2.29 bits per heavy atom. The van der Waals surface area contributed by atoms with Gasteiger partial charge in [0, 0.05) is 12.1 Å². The van der Waals surface area contributed by atoms with Crippen molar-refractivity contribution >= 4 is 0 Å². The largest absolute Gasteiger partial charge is 0.326 e. The van der Waals surface area contributed by atoms with Gasteiger partial charge in [0.05, 0.1) is 0 Å². The van der Waals surface area contributed by atoms with Gasteiger partial charge in [0.15, 0.2) is 0 Å². The minimum atomic E-state index is 0.423. The number of hydrogen-bond donors (Lipinski definition) is 1. The SMILES string of the molecule is CC1CC(C)C(N2CCCC2)C(N)C1. The monoisotopic (exact) mass is 196 g/mol. The van der Waals surface area contributed by atoms with Crippen molar-refractivity contribution < 1.29 is 0 Å². The summed E-state index contributed by atoms with van der Waals surface area (Å²) in [6.07, 6.45) is 5.36. The van der Waals surface area contributed by atoms with Crippen molar-refractivity contribution in [2.75, 3.05) is 13.1 Å². The third kappa shape index (κ3) is 1.96. The van der Waals surface area contributed by atoms with E-state index in [0.29, 0.717) is 12.1 Å². The summed E-state index contributed by atoms with van der Waals surface area (Å²) in [4.78, 5) is 2.64. The maximum Gasteiger partial charge on any atom is 0.0272 e. The van der Waals surface area contributed by atoms with Crippen LogP contribution in [0.5, 0.6) is 0 Å². The molecule has 1 aliphatic heterocycles. The molecule has 0 amide bonds. The van der Waals surface area contributed by atoms with Gasteiger partial charge < -0.3 is 5.73 Å². The van der Waals surface area contributed by atoms with Crippen molar-refractivity contribution in [2.24, 2.45) is 17.6 Å². The minimum absolute atomic E-state index is 0.423. The second-order valence-electron chi connectivity index (χ2n) is 5.45. The maximum absolute atomic E-state index is 6.30. The summed E-state index contributed by atoms with van der Waals surface area (Å²) in [7, 11) is 0. The van der Waals surface area contributed by atoms with Crippen LogP contribution in [0.2, 0.25) is 0 Å². The van der Waals surface area contributed by atoms with E-state index < -0.39 is 0 Å². The molecule has 2 N–H and O–H groups in total. The van der Waals surface area contributed by atoms with Crippen LogP contribution in [0.4, 0.5) is 0 Å². The molecular formula is C12H24N2. The molecule has 1 saturated carbocycles. The quantitative estimate of drug-likeness (QED) is 0.693. The van der Waals surface area contributed by atoms with Gasteiger partial charge in [-0.25, -0.2) is 0 Å². The van der Waals surface area contributed by atoms with Gasteiger partial charge in [0.2, 0.25) is 0 Å². The molecule has 4 atom stereocenters. The molecule has 0 bridgehead atoms. The van der Waals surface area contributed by atoms with E-state index in [1.807, 2.05) is 0 Å². The molecule has 2 nitrogen and oxygen atoms in total. The molecule has 0 aromatic heterocycles. The van der Waals surface area contributed by atoms with Crippen LogP contribution in [0, 0.1) is 11.8 Å². The first-order chi connectivity index (χ1) is 6.68. The fraction of sp³-hybridized carbons (Fsp3) is 1.00. The van der Waals surface area contributed by atoms with Crippen LogP contribution in [-0.4, -0.2) is 30.1 Å². The second kappa shape index (κ2) is 4.19. The third-order valence-electron chi connectivity index (χ3n) is 4.03. The lowest BCUT2D eigenvalue weighted by molar-refractivity contribution is 0.0951. The average Bonchev–Trinajstić information content (AvgIpc) is 2.54. The van der Waals surface area contributed by atoms with Crippen LogP contribution < -0.4 is 5.73 Å². The van der Waals surface area contributed by atoms with Crippen LogP contribution in [0.3, 0.4) is 0 Å². The molecule has 4 unspecified atom stereocenters. The highest BCUT2D eigenvalue weighted by Crippen LogP contribution is 2.32. The van der Waals surface area contributed by atoms with E-state index in [1.165, 1.54) is 38.8 Å². The van der Waals surface area contributed by atoms with E-state index in [1.54, 1.807) is 0 Å². The Morgan fingerprint density at radius 1 is 1.07 bits per heavy atom. The Balaban J connectivity index is 2.01. The summed E-state index contributed by atoms with van der Waals surface area (Å²) >= 11 is 0. The van der Waals surface area contributed by atoms with Crippen LogP contribution in [0.1, 0.15) is 39.5 Å². The first-order valence-corrected chi connectivity index (χ1v) is 6.18. The molecule has 1 saturated heterocycles. The molecule has 2 heteroatoms. The summed E-state index contributed by atoms with van der Waals surface area (Å²) in [5, 5.41) is 0. The van der Waals surface area contributed by atoms with E-state index in [0.717, 1.165) is 11.8 Å². The van der Waals surface area contributed by atoms with Gasteiger partial charge in [0.1, 0.15) is 0 Å². The smallest absolute Gasteiger partial charge is 0.0272 e. The standard InChI is InChI=1S/C12H24N2/c1-9-7-10(2)12(11(13)8-9)14-5-3-4-6-14/h9-12H,3-8,13H2,1-2H3. The summed E-state index contributed by atoms with van der Waals surface area (Å²) in [5.74, 6) is 1.63. The Morgan fingerprint density at radius 2 is 1.71 bits per heavy atom. The van der Waals surface area contributed by atoms with Crippen LogP contribution in [0.15, 0.2) is 0 Å². The lowest BCUT2D eigenvalue weighted by Crippen LogP contribution is -2.53. The van der Waals surface area contributed by atoms with E-state index >= 15 is 0 Å². The number of likely N-dealkylation sites (tertiary alicyclic amines) is 1. The highest BCUT2D eigenvalue weighted by Gasteiger charge is 2.36. The summed E-state index contributed by atoms with van der Waals surface area (Å²) in [6.45, 7) is 7.31. The predicted molar refractivity (Wildman–Crippen MR) is 60.1 cm³/mol. The second-order valence-corrected chi connectivity index (χ2v) is 5.45. The molecule has 0 aromatic carbocycles. The zero-order valence-electron chi connectivity index (χ0n) is 9.58. The van der Waals surface area contributed by atoms with Gasteiger partial charge in [-0.2, -0.15) is 0 Å². The van der Waals surface area contributed by atoms with Gasteiger partial charge in [-0.3, -0.25) is 4.90 Å². The highest BCUT2D eigenvalue weighted by molar-refractivity contribution is 4.93. The van der Waals surface area contributed by atoms with E-state index in [2.05, 4.69) is 18.7 Å². The maximum atomic E-state index is 6.30. The molecule has 0 radical (unpaired) electrons. The Bertz CT molecular complexity index is 175. The average molecular weight is 196 g/mol. The van der Waals surface area contributed by atoms with Gasteiger partial charge in [-0.1, -0.05) is 13.8 Å². The Labute approximate surface area is 87.8 Å². The van der Waals surface area contributed by atoms with Crippen molar-refractivity contribution in [3.63, 3.8) is 0 Å². The number of hydrogen-bond acceptors (Lipinski definition) is 2. The van der Waals surface area contributed by atoms with E-state index in [4.69, 9.17) is 5.73 Å². The molecule has 1 aliphatic carbocycles. The zero-order chi connectivity index (χ0) is 10.1. The molecule has 2 aliphatic rings. The predicted octanol–water partition coefficient (Wildman–Crippen LogP) is 1.84. The van der Waals surface area contributed by atoms with Crippen molar-refractivity contribution in [2.45, 2.75) is 51.6 Å². The first-order valence-electron chi connectivity index (χ1n) is 6.18. The van der Waals surface area contributed by atoms with Gasteiger partial charge in [-0.05, 0) is 50.6 Å². The molecular weight excluding hydrogens is 172 g/mol. The fourth-order valence-corrected chi connectivity index (χ4v) is 3.57. The highest BCUT2D eigenvalue weighted by atomic mass is 15.2. The van der Waals surface area contributed by atoms with Crippen molar-refractivity contribution in [3.05, 3.63) is 0 Å². The molecule has 82 valence electrons. The number of nitrogens with two attached hydrogens (primary N) is 1. The molecule has 1 heterocycles. The molecule has 2 rings (SSSR count). The fourth-order valence-electron chi connectivity index (χ4n) is 3.57. The molecule has 0 spiro atoms. The van der Waals surface area contributed by atoms with Crippen LogP contribution in [0.25, 0.3) is 0 Å².